The average Bonchev–Trinajstić information content (AvgIpc) is 3.39. The first-order valence-corrected chi connectivity index (χ1v) is 12.5. The van der Waals surface area contributed by atoms with Crippen molar-refractivity contribution in [2.75, 3.05) is 18.6 Å². The molecule has 0 radical (unpaired) electrons. The summed E-state index contributed by atoms with van der Waals surface area (Å²) < 4.78 is 17.6. The van der Waals surface area contributed by atoms with Crippen LogP contribution in [-0.2, 0) is 0 Å². The topological polar surface area (TPSA) is 94.8 Å². The van der Waals surface area contributed by atoms with Crippen molar-refractivity contribution >= 4 is 33.3 Å². The van der Waals surface area contributed by atoms with Crippen LogP contribution in [0.5, 0.6) is 11.5 Å². The molecule has 5 rings (SSSR count). The zero-order valence-electron chi connectivity index (χ0n) is 21.0. The number of benzene rings is 2. The molecule has 8 nitrogen and oxygen atoms in total. The summed E-state index contributed by atoms with van der Waals surface area (Å²) in [6.45, 7) is 10.4. The van der Waals surface area contributed by atoms with Crippen molar-refractivity contribution in [2.45, 2.75) is 40.7 Å². The molecule has 0 saturated heterocycles. The van der Waals surface area contributed by atoms with E-state index < -0.39 is 11.9 Å². The highest BCUT2D eigenvalue weighted by atomic mass is 32.1. The van der Waals surface area contributed by atoms with Crippen molar-refractivity contribution in [3.05, 3.63) is 73.6 Å². The van der Waals surface area contributed by atoms with Crippen LogP contribution in [0.4, 0.5) is 5.13 Å². The molecule has 0 bridgehead atoms. The molecule has 4 aromatic rings. The number of ether oxygens (including phenoxy) is 2. The number of methoxy groups -OCH3 is 1. The number of fused-ring (bicyclic) bond motifs is 2. The molecule has 1 aliphatic heterocycles. The van der Waals surface area contributed by atoms with Gasteiger partial charge in [-0.1, -0.05) is 31.3 Å². The van der Waals surface area contributed by atoms with Crippen LogP contribution >= 0.6 is 11.3 Å². The largest absolute Gasteiger partial charge is 0.493 e. The van der Waals surface area contributed by atoms with Gasteiger partial charge in [0, 0.05) is 0 Å². The third-order valence-corrected chi connectivity index (χ3v) is 7.12. The maximum Gasteiger partial charge on any atom is 0.297 e. The molecule has 1 amide bonds. The molecule has 1 aliphatic rings. The molecule has 0 spiro atoms. The van der Waals surface area contributed by atoms with Crippen LogP contribution in [0.1, 0.15) is 57.7 Å². The van der Waals surface area contributed by atoms with E-state index in [1.807, 2.05) is 32.9 Å². The molecule has 2 aromatic carbocycles. The van der Waals surface area contributed by atoms with Crippen LogP contribution in [0.25, 0.3) is 11.0 Å². The standard InChI is InChI=1S/C27H27N3O5S/c1-13(2)12-34-19-8-7-17(11-21(19)33-6)23-22-24(31)18-9-14(3)15(4)10-20(18)35-25(22)26(32)30(23)27-29-28-16(5)36-27/h7-11,13,23H,12H2,1-6H3. The van der Waals surface area contributed by atoms with Crippen molar-refractivity contribution in [2.24, 2.45) is 5.92 Å². The van der Waals surface area contributed by atoms with Gasteiger partial charge in [0.15, 0.2) is 16.9 Å². The number of aryl methyl sites for hydroxylation is 3. The summed E-state index contributed by atoms with van der Waals surface area (Å²) in [7, 11) is 1.56. The minimum Gasteiger partial charge on any atom is -0.493 e. The Morgan fingerprint density at radius 2 is 1.81 bits per heavy atom. The molecule has 0 N–H and O–H groups in total. The van der Waals surface area contributed by atoms with Gasteiger partial charge in [0.2, 0.25) is 10.9 Å². The Morgan fingerprint density at radius 1 is 1.06 bits per heavy atom. The number of nitrogens with zero attached hydrogens (tertiary/aromatic N) is 3. The van der Waals surface area contributed by atoms with Crippen LogP contribution in [0.15, 0.2) is 39.5 Å². The number of anilines is 1. The number of aromatic nitrogens is 2. The first-order valence-electron chi connectivity index (χ1n) is 11.7. The van der Waals surface area contributed by atoms with Gasteiger partial charge in [-0.05, 0) is 67.6 Å². The van der Waals surface area contributed by atoms with E-state index in [-0.39, 0.29) is 16.8 Å². The SMILES string of the molecule is COc1cc(C2c3c(oc4cc(C)c(C)cc4c3=O)C(=O)N2c2nnc(C)s2)ccc1OCC(C)C. The average molecular weight is 506 g/mol. The second kappa shape index (κ2) is 9.05. The maximum atomic E-state index is 13.9. The van der Waals surface area contributed by atoms with E-state index in [4.69, 9.17) is 13.9 Å². The van der Waals surface area contributed by atoms with Crippen molar-refractivity contribution in [3.8, 4) is 11.5 Å². The van der Waals surface area contributed by atoms with Gasteiger partial charge in [-0.3, -0.25) is 14.5 Å². The monoisotopic (exact) mass is 505 g/mol. The van der Waals surface area contributed by atoms with Crippen molar-refractivity contribution in [3.63, 3.8) is 0 Å². The molecule has 1 atom stereocenters. The van der Waals surface area contributed by atoms with Gasteiger partial charge in [0.05, 0.1) is 30.7 Å². The Hall–Kier alpha value is -3.72. The fourth-order valence-corrected chi connectivity index (χ4v) is 5.07. The minimum absolute atomic E-state index is 0.0210. The fourth-order valence-electron chi connectivity index (χ4n) is 4.35. The zero-order chi connectivity index (χ0) is 25.7. The number of hydrogen-bond acceptors (Lipinski definition) is 8. The second-order valence-corrected chi connectivity index (χ2v) is 10.6. The Kier molecular flexibility index (Phi) is 6.04. The Bertz CT molecular complexity index is 1560. The Labute approximate surface area is 212 Å². The van der Waals surface area contributed by atoms with E-state index in [1.54, 1.807) is 25.3 Å². The van der Waals surface area contributed by atoms with Crippen LogP contribution in [-0.4, -0.2) is 29.8 Å². The highest BCUT2D eigenvalue weighted by Gasteiger charge is 2.45. The Balaban J connectivity index is 1.73. The van der Waals surface area contributed by atoms with Gasteiger partial charge in [-0.25, -0.2) is 0 Å². The minimum atomic E-state index is -0.754. The zero-order valence-corrected chi connectivity index (χ0v) is 21.9. The quantitative estimate of drug-likeness (QED) is 0.348. The molecule has 0 saturated carbocycles. The van der Waals surface area contributed by atoms with Gasteiger partial charge in [-0.15, -0.1) is 10.2 Å². The van der Waals surface area contributed by atoms with Crippen molar-refractivity contribution < 1.29 is 18.7 Å². The molecule has 0 fully saturated rings. The number of carbonyl (C=O) groups is 1. The molecule has 2 aromatic heterocycles. The number of carbonyl (C=O) groups excluding carboxylic acids is 1. The van der Waals surface area contributed by atoms with Gasteiger partial charge >= 0.3 is 0 Å². The van der Waals surface area contributed by atoms with E-state index in [1.165, 1.54) is 16.2 Å². The summed E-state index contributed by atoms with van der Waals surface area (Å²) in [4.78, 5) is 29.1. The smallest absolute Gasteiger partial charge is 0.297 e. The summed E-state index contributed by atoms with van der Waals surface area (Å²) in [6, 6.07) is 8.31. The van der Waals surface area contributed by atoms with Crippen molar-refractivity contribution in [1.82, 2.24) is 10.2 Å². The molecular formula is C27H27N3O5S. The molecule has 36 heavy (non-hydrogen) atoms. The van der Waals surface area contributed by atoms with Crippen LogP contribution in [0.3, 0.4) is 0 Å². The van der Waals surface area contributed by atoms with Gasteiger partial charge < -0.3 is 13.9 Å². The number of hydrogen-bond donors (Lipinski definition) is 0. The lowest BCUT2D eigenvalue weighted by atomic mass is 9.97. The maximum absolute atomic E-state index is 13.9. The van der Waals surface area contributed by atoms with E-state index in [0.717, 1.165) is 11.1 Å². The first kappa shape index (κ1) is 24.0. The normalized spacial score (nSPS) is 15.1. The molecule has 186 valence electrons. The molecule has 3 heterocycles. The third-order valence-electron chi connectivity index (χ3n) is 6.28. The third kappa shape index (κ3) is 3.93. The summed E-state index contributed by atoms with van der Waals surface area (Å²) in [5.41, 5.74) is 3.06. The van der Waals surface area contributed by atoms with E-state index in [0.29, 0.717) is 50.7 Å². The molecular weight excluding hydrogens is 478 g/mol. The first-order chi connectivity index (χ1) is 17.2. The van der Waals surface area contributed by atoms with E-state index in [2.05, 4.69) is 24.0 Å². The molecule has 1 unspecified atom stereocenters. The van der Waals surface area contributed by atoms with Crippen LogP contribution in [0.2, 0.25) is 0 Å². The molecule has 9 heteroatoms. The summed E-state index contributed by atoms with van der Waals surface area (Å²) in [6.07, 6.45) is 0. The fraction of sp³-hybridized carbons (Fsp3) is 0.333. The van der Waals surface area contributed by atoms with E-state index >= 15 is 0 Å². The van der Waals surface area contributed by atoms with Gasteiger partial charge in [0.1, 0.15) is 10.6 Å². The summed E-state index contributed by atoms with van der Waals surface area (Å²) >= 11 is 1.28. The van der Waals surface area contributed by atoms with Crippen LogP contribution in [0, 0.1) is 26.7 Å². The lowest BCUT2D eigenvalue weighted by molar-refractivity contribution is 0.0970. The number of rotatable bonds is 6. The highest BCUT2D eigenvalue weighted by molar-refractivity contribution is 7.15. The predicted octanol–water partition coefficient (Wildman–Crippen LogP) is 5.36. The Morgan fingerprint density at radius 3 is 2.47 bits per heavy atom. The van der Waals surface area contributed by atoms with Gasteiger partial charge in [0.25, 0.3) is 5.91 Å². The number of amides is 1. The second-order valence-electron chi connectivity index (χ2n) is 9.40. The summed E-state index contributed by atoms with van der Waals surface area (Å²) in [5, 5.41) is 9.85. The van der Waals surface area contributed by atoms with Crippen molar-refractivity contribution in [1.29, 1.82) is 0 Å². The highest BCUT2D eigenvalue weighted by Crippen LogP contribution is 2.44. The van der Waals surface area contributed by atoms with Gasteiger partial charge in [-0.2, -0.15) is 0 Å². The van der Waals surface area contributed by atoms with E-state index in [9.17, 15) is 9.59 Å². The lowest BCUT2D eigenvalue weighted by Gasteiger charge is -2.23. The molecule has 0 aliphatic carbocycles. The predicted molar refractivity (Wildman–Crippen MR) is 139 cm³/mol. The summed E-state index contributed by atoms with van der Waals surface area (Å²) in [5.74, 6) is 1.04. The van der Waals surface area contributed by atoms with Crippen LogP contribution < -0.4 is 19.8 Å². The lowest BCUT2D eigenvalue weighted by Crippen LogP contribution is -2.29.